The van der Waals surface area contributed by atoms with Crippen LogP contribution in [0.5, 0.6) is 11.5 Å². The second kappa shape index (κ2) is 9.33. The molecule has 0 bridgehead atoms. The van der Waals surface area contributed by atoms with Crippen LogP contribution in [0.3, 0.4) is 0 Å². The summed E-state index contributed by atoms with van der Waals surface area (Å²) in [6, 6.07) is 13.1. The first-order chi connectivity index (χ1) is 12.0. The van der Waals surface area contributed by atoms with E-state index in [9.17, 15) is 4.79 Å². The van der Waals surface area contributed by atoms with Crippen LogP contribution < -0.4 is 14.8 Å². The number of carbonyl (C=O) groups excluding carboxylic acids is 1. The molecule has 5 heteroatoms. The first kappa shape index (κ1) is 19.1. The van der Waals surface area contributed by atoms with E-state index in [0.29, 0.717) is 30.3 Å². The molecule has 2 aromatic carbocycles. The summed E-state index contributed by atoms with van der Waals surface area (Å²) in [5.74, 6) is 1.18. The number of ether oxygens (including phenoxy) is 2. The third-order valence-electron chi connectivity index (χ3n) is 3.98. The molecule has 0 radical (unpaired) electrons. The Hall–Kier alpha value is -2.20. The summed E-state index contributed by atoms with van der Waals surface area (Å²) < 4.78 is 11.5. The molecule has 1 amide bonds. The molecule has 0 fully saturated rings. The molecular weight excluding hydrogens is 338 g/mol. The number of para-hydroxylation sites is 1. The lowest BCUT2D eigenvalue weighted by Crippen LogP contribution is -2.39. The van der Waals surface area contributed by atoms with E-state index in [4.69, 9.17) is 21.1 Å². The molecule has 2 rings (SSSR count). The Morgan fingerprint density at radius 2 is 1.84 bits per heavy atom. The molecule has 0 aliphatic carbocycles. The summed E-state index contributed by atoms with van der Waals surface area (Å²) >= 11 is 6.08. The number of hydrogen-bond donors (Lipinski definition) is 1. The molecule has 0 saturated carbocycles. The monoisotopic (exact) mass is 361 g/mol. The molecule has 0 unspecified atom stereocenters. The highest BCUT2D eigenvalue weighted by Gasteiger charge is 2.19. The minimum atomic E-state index is -0.583. The van der Waals surface area contributed by atoms with E-state index in [1.807, 2.05) is 51.1 Å². The number of aryl methyl sites for hydroxylation is 1. The van der Waals surface area contributed by atoms with Gasteiger partial charge in [0.1, 0.15) is 18.1 Å². The fourth-order valence-electron chi connectivity index (χ4n) is 2.35. The summed E-state index contributed by atoms with van der Waals surface area (Å²) in [6.07, 6.45) is -0.0323. The molecule has 25 heavy (non-hydrogen) atoms. The highest BCUT2D eigenvalue weighted by Crippen LogP contribution is 2.25. The first-order valence-corrected chi connectivity index (χ1v) is 8.78. The van der Waals surface area contributed by atoms with Gasteiger partial charge in [-0.3, -0.25) is 4.79 Å². The van der Waals surface area contributed by atoms with Crippen molar-refractivity contribution in [3.8, 4) is 11.5 Å². The second-order valence-electron chi connectivity index (χ2n) is 5.78. The Bertz CT molecular complexity index is 718. The Labute approximate surface area is 154 Å². The van der Waals surface area contributed by atoms with Gasteiger partial charge in [0.15, 0.2) is 6.10 Å². The Kier molecular flexibility index (Phi) is 7.14. The average molecular weight is 362 g/mol. The topological polar surface area (TPSA) is 47.6 Å². The van der Waals surface area contributed by atoms with Crippen LogP contribution in [0, 0.1) is 13.8 Å². The van der Waals surface area contributed by atoms with Gasteiger partial charge in [-0.2, -0.15) is 0 Å². The van der Waals surface area contributed by atoms with Gasteiger partial charge in [0.2, 0.25) is 0 Å². The van der Waals surface area contributed by atoms with E-state index in [-0.39, 0.29) is 5.91 Å². The van der Waals surface area contributed by atoms with E-state index in [0.717, 1.165) is 11.3 Å². The molecule has 2 aromatic rings. The van der Waals surface area contributed by atoms with Gasteiger partial charge in [-0.15, -0.1) is 0 Å². The molecule has 1 N–H and O–H groups in total. The van der Waals surface area contributed by atoms with Crippen molar-refractivity contribution in [1.29, 1.82) is 0 Å². The van der Waals surface area contributed by atoms with Gasteiger partial charge in [0.25, 0.3) is 5.91 Å². The molecule has 0 heterocycles. The highest BCUT2D eigenvalue weighted by atomic mass is 35.5. The van der Waals surface area contributed by atoms with Crippen LogP contribution in [-0.4, -0.2) is 25.2 Å². The Morgan fingerprint density at radius 3 is 2.56 bits per heavy atom. The van der Waals surface area contributed by atoms with Crippen LogP contribution in [0.4, 0.5) is 0 Å². The van der Waals surface area contributed by atoms with Gasteiger partial charge in [-0.05, 0) is 49.6 Å². The van der Waals surface area contributed by atoms with Crippen LogP contribution in [0.25, 0.3) is 0 Å². The first-order valence-electron chi connectivity index (χ1n) is 8.40. The minimum absolute atomic E-state index is 0.174. The van der Waals surface area contributed by atoms with Gasteiger partial charge in [0, 0.05) is 0 Å². The Morgan fingerprint density at radius 1 is 1.12 bits per heavy atom. The van der Waals surface area contributed by atoms with Crippen molar-refractivity contribution >= 4 is 17.5 Å². The quantitative estimate of drug-likeness (QED) is 0.713. The van der Waals surface area contributed by atoms with Crippen molar-refractivity contribution < 1.29 is 14.3 Å². The second-order valence-corrected chi connectivity index (χ2v) is 6.19. The third kappa shape index (κ3) is 5.40. The lowest BCUT2D eigenvalue weighted by Gasteiger charge is -2.18. The molecule has 4 nitrogen and oxygen atoms in total. The van der Waals surface area contributed by atoms with Crippen molar-refractivity contribution in [1.82, 2.24) is 5.32 Å². The van der Waals surface area contributed by atoms with Crippen LogP contribution in [0.15, 0.2) is 42.5 Å². The maximum absolute atomic E-state index is 12.3. The van der Waals surface area contributed by atoms with Crippen molar-refractivity contribution in [3.63, 3.8) is 0 Å². The van der Waals surface area contributed by atoms with Crippen LogP contribution in [-0.2, 0) is 4.79 Å². The fraction of sp³-hybridized carbons (Fsp3) is 0.350. The number of amides is 1. The zero-order valence-electron chi connectivity index (χ0n) is 14.8. The van der Waals surface area contributed by atoms with E-state index >= 15 is 0 Å². The highest BCUT2D eigenvalue weighted by molar-refractivity contribution is 6.32. The Balaban J connectivity index is 1.82. The normalized spacial score (nSPS) is 11.7. The summed E-state index contributed by atoms with van der Waals surface area (Å²) in [6.45, 7) is 6.77. The summed E-state index contributed by atoms with van der Waals surface area (Å²) in [4.78, 5) is 12.3. The molecular formula is C20H24ClNO3. The SMILES string of the molecule is CC[C@H](Oc1ccccc1Cl)C(=O)NCCOc1cccc(C)c1C. The van der Waals surface area contributed by atoms with E-state index in [1.54, 1.807) is 12.1 Å². The molecule has 0 aromatic heterocycles. The smallest absolute Gasteiger partial charge is 0.261 e. The van der Waals surface area contributed by atoms with Gasteiger partial charge < -0.3 is 14.8 Å². The zero-order valence-corrected chi connectivity index (χ0v) is 15.6. The number of nitrogens with one attached hydrogen (secondary N) is 1. The summed E-state index contributed by atoms with van der Waals surface area (Å²) in [5, 5.41) is 3.34. The van der Waals surface area contributed by atoms with Crippen LogP contribution >= 0.6 is 11.6 Å². The maximum atomic E-state index is 12.3. The van der Waals surface area contributed by atoms with Gasteiger partial charge in [-0.1, -0.05) is 42.8 Å². The van der Waals surface area contributed by atoms with Crippen molar-refractivity contribution in [2.45, 2.75) is 33.3 Å². The molecule has 0 aliphatic heterocycles. The summed E-state index contributed by atoms with van der Waals surface area (Å²) in [7, 11) is 0. The van der Waals surface area contributed by atoms with Crippen LogP contribution in [0.1, 0.15) is 24.5 Å². The lowest BCUT2D eigenvalue weighted by molar-refractivity contribution is -0.128. The average Bonchev–Trinajstić information content (AvgIpc) is 2.61. The number of carbonyl (C=O) groups is 1. The molecule has 0 saturated heterocycles. The lowest BCUT2D eigenvalue weighted by atomic mass is 10.1. The molecule has 1 atom stereocenters. The predicted octanol–water partition coefficient (Wildman–Crippen LogP) is 4.31. The predicted molar refractivity (Wildman–Crippen MR) is 101 cm³/mol. The molecule has 0 spiro atoms. The molecule has 0 aliphatic rings. The minimum Gasteiger partial charge on any atom is -0.491 e. The number of hydrogen-bond acceptors (Lipinski definition) is 3. The third-order valence-corrected chi connectivity index (χ3v) is 4.30. The number of halogens is 1. The standard InChI is InChI=1S/C20H24ClNO3/c1-4-17(25-19-10-6-5-9-16(19)21)20(23)22-12-13-24-18-11-7-8-14(2)15(18)3/h5-11,17H,4,12-13H2,1-3H3,(H,22,23)/t17-/m0/s1. The van der Waals surface area contributed by atoms with E-state index < -0.39 is 6.10 Å². The van der Waals surface area contributed by atoms with Crippen molar-refractivity contribution in [3.05, 3.63) is 58.6 Å². The van der Waals surface area contributed by atoms with E-state index in [1.165, 1.54) is 5.56 Å². The largest absolute Gasteiger partial charge is 0.491 e. The van der Waals surface area contributed by atoms with Gasteiger partial charge in [0.05, 0.1) is 11.6 Å². The molecule has 134 valence electrons. The van der Waals surface area contributed by atoms with Crippen molar-refractivity contribution in [2.24, 2.45) is 0 Å². The fourth-order valence-corrected chi connectivity index (χ4v) is 2.53. The van der Waals surface area contributed by atoms with Gasteiger partial charge in [-0.25, -0.2) is 0 Å². The van der Waals surface area contributed by atoms with Crippen LogP contribution in [0.2, 0.25) is 5.02 Å². The number of rotatable bonds is 8. The maximum Gasteiger partial charge on any atom is 0.261 e. The number of benzene rings is 2. The van der Waals surface area contributed by atoms with Crippen molar-refractivity contribution in [2.75, 3.05) is 13.2 Å². The van der Waals surface area contributed by atoms with Gasteiger partial charge >= 0.3 is 0 Å². The zero-order chi connectivity index (χ0) is 18.2. The van der Waals surface area contributed by atoms with E-state index in [2.05, 4.69) is 5.32 Å². The summed E-state index contributed by atoms with van der Waals surface area (Å²) in [5.41, 5.74) is 2.29.